The molecule has 1 heterocycles. The lowest BCUT2D eigenvalue weighted by atomic mass is 9.48. The molecule has 0 saturated heterocycles. The third-order valence-corrected chi connectivity index (χ3v) is 5.99. The molecule has 4 aliphatic carbocycles. The van der Waals surface area contributed by atoms with E-state index in [4.69, 9.17) is 5.26 Å². The van der Waals surface area contributed by atoms with Crippen LogP contribution in [0.4, 0.5) is 0 Å². The van der Waals surface area contributed by atoms with Gasteiger partial charge < -0.3 is 0 Å². The van der Waals surface area contributed by atoms with Crippen molar-refractivity contribution in [3.8, 4) is 6.07 Å². The summed E-state index contributed by atoms with van der Waals surface area (Å²) in [6.45, 7) is 1.82. The van der Waals surface area contributed by atoms with Crippen molar-refractivity contribution in [1.82, 2.24) is 5.43 Å². The minimum atomic E-state index is -0.687. The summed E-state index contributed by atoms with van der Waals surface area (Å²) in [7, 11) is 0. The maximum absolute atomic E-state index is 13.0. The minimum Gasteiger partial charge on any atom is -0.292 e. The van der Waals surface area contributed by atoms with Gasteiger partial charge in [-0.05, 0) is 63.2 Å². The van der Waals surface area contributed by atoms with Crippen molar-refractivity contribution in [3.63, 3.8) is 0 Å². The molecule has 1 aliphatic heterocycles. The number of ketones is 1. The fraction of sp³-hybridized carbons (Fsp3) is 0.812. The Morgan fingerprint density at radius 1 is 1.25 bits per heavy atom. The van der Waals surface area contributed by atoms with Gasteiger partial charge in [0.15, 0.2) is 5.78 Å². The highest BCUT2D eigenvalue weighted by atomic mass is 16.1. The fourth-order valence-electron chi connectivity index (χ4n) is 5.50. The van der Waals surface area contributed by atoms with Gasteiger partial charge in [0.1, 0.15) is 11.3 Å². The number of Topliss-reactive ketones (excluding diaryl/α,β-unsaturated/α-hetero) is 1. The van der Waals surface area contributed by atoms with Crippen molar-refractivity contribution < 1.29 is 4.79 Å². The molecule has 1 N–H and O–H groups in total. The molecule has 4 fully saturated rings. The van der Waals surface area contributed by atoms with Gasteiger partial charge in [-0.25, -0.2) is 0 Å². The van der Waals surface area contributed by atoms with Crippen LogP contribution in [0.1, 0.15) is 51.9 Å². The van der Waals surface area contributed by atoms with E-state index in [-0.39, 0.29) is 11.2 Å². The Kier molecular flexibility index (Phi) is 2.38. The Labute approximate surface area is 119 Å². The number of hydrogen-bond acceptors (Lipinski definition) is 4. The van der Waals surface area contributed by atoms with E-state index in [2.05, 4.69) is 16.6 Å². The first-order chi connectivity index (χ1) is 9.52. The van der Waals surface area contributed by atoms with Crippen molar-refractivity contribution in [2.75, 3.05) is 0 Å². The lowest BCUT2D eigenvalue weighted by molar-refractivity contribution is -0.136. The van der Waals surface area contributed by atoms with Crippen LogP contribution < -0.4 is 5.43 Å². The average molecular weight is 271 g/mol. The summed E-state index contributed by atoms with van der Waals surface area (Å²) < 4.78 is 0. The third-order valence-electron chi connectivity index (χ3n) is 5.99. The van der Waals surface area contributed by atoms with E-state index in [1.54, 1.807) is 0 Å². The lowest BCUT2D eigenvalue weighted by Gasteiger charge is -2.55. The fourth-order valence-corrected chi connectivity index (χ4v) is 5.50. The molecule has 106 valence electrons. The predicted octanol–water partition coefficient (Wildman–Crippen LogP) is 2.40. The standard InChI is InChI=1S/C16H21N3O/c1-15(9-17)8-13(18-19-15)14(20)16-5-10-2-11(6-16)4-12(3-10)7-16/h10-12,19H,2-8H2,1H3. The van der Waals surface area contributed by atoms with Crippen LogP contribution in [0.5, 0.6) is 0 Å². The number of nitriles is 1. The normalized spacial score (nSPS) is 48.6. The Balaban J connectivity index is 1.59. The van der Waals surface area contributed by atoms with Gasteiger partial charge in [0, 0.05) is 11.8 Å². The van der Waals surface area contributed by atoms with E-state index in [0.717, 1.165) is 37.0 Å². The molecule has 4 bridgehead atoms. The van der Waals surface area contributed by atoms with Crippen LogP contribution >= 0.6 is 0 Å². The number of carbonyl (C=O) groups excluding carboxylic acids is 1. The van der Waals surface area contributed by atoms with Crippen molar-refractivity contribution in [1.29, 1.82) is 5.26 Å². The summed E-state index contributed by atoms with van der Waals surface area (Å²) in [5.41, 5.74) is 2.66. The second kappa shape index (κ2) is 3.84. The van der Waals surface area contributed by atoms with Crippen LogP contribution in [0.3, 0.4) is 0 Å². The topological polar surface area (TPSA) is 65.2 Å². The van der Waals surface area contributed by atoms with Crippen molar-refractivity contribution in [3.05, 3.63) is 0 Å². The van der Waals surface area contributed by atoms with Gasteiger partial charge in [-0.15, -0.1) is 0 Å². The van der Waals surface area contributed by atoms with Gasteiger partial charge in [0.25, 0.3) is 0 Å². The number of carbonyl (C=O) groups is 1. The Hall–Kier alpha value is -1.37. The summed E-state index contributed by atoms with van der Waals surface area (Å²) in [5.74, 6) is 2.55. The van der Waals surface area contributed by atoms with Gasteiger partial charge in [-0.1, -0.05) is 0 Å². The maximum Gasteiger partial charge on any atom is 0.185 e. The molecule has 1 atom stereocenters. The molecule has 0 aromatic carbocycles. The molecule has 0 radical (unpaired) electrons. The zero-order valence-corrected chi connectivity index (χ0v) is 12.0. The molecule has 20 heavy (non-hydrogen) atoms. The van der Waals surface area contributed by atoms with Crippen LogP contribution in [0, 0.1) is 34.5 Å². The molecule has 0 amide bonds. The number of nitrogens with one attached hydrogen (secondary N) is 1. The molecular weight excluding hydrogens is 250 g/mol. The van der Waals surface area contributed by atoms with Gasteiger partial charge in [-0.2, -0.15) is 10.4 Å². The zero-order chi connectivity index (χ0) is 14.0. The van der Waals surface area contributed by atoms with Crippen molar-refractivity contribution in [2.45, 2.75) is 57.4 Å². The molecule has 5 rings (SSSR count). The Morgan fingerprint density at radius 2 is 1.80 bits per heavy atom. The molecule has 5 aliphatic rings. The van der Waals surface area contributed by atoms with Gasteiger partial charge in [0.05, 0.1) is 6.07 Å². The van der Waals surface area contributed by atoms with Crippen LogP contribution in [-0.2, 0) is 4.79 Å². The smallest absolute Gasteiger partial charge is 0.185 e. The molecule has 0 aromatic heterocycles. The second-order valence-electron chi connectivity index (χ2n) is 7.82. The first-order valence-electron chi connectivity index (χ1n) is 7.82. The highest BCUT2D eigenvalue weighted by molar-refractivity contribution is 6.42. The van der Waals surface area contributed by atoms with E-state index >= 15 is 0 Å². The molecular formula is C16H21N3O. The summed E-state index contributed by atoms with van der Waals surface area (Å²) in [5, 5.41) is 13.4. The molecule has 4 nitrogen and oxygen atoms in total. The molecule has 0 aromatic rings. The average Bonchev–Trinajstić information content (AvgIpc) is 2.80. The number of rotatable bonds is 2. The van der Waals surface area contributed by atoms with E-state index in [1.165, 1.54) is 19.3 Å². The summed E-state index contributed by atoms with van der Waals surface area (Å²) >= 11 is 0. The first kappa shape index (κ1) is 12.4. The monoisotopic (exact) mass is 271 g/mol. The quantitative estimate of drug-likeness (QED) is 0.838. The van der Waals surface area contributed by atoms with E-state index in [9.17, 15) is 4.79 Å². The summed E-state index contributed by atoms with van der Waals surface area (Å²) in [4.78, 5) is 13.0. The van der Waals surface area contributed by atoms with Crippen molar-refractivity contribution >= 4 is 11.5 Å². The highest BCUT2D eigenvalue weighted by Crippen LogP contribution is 2.60. The summed E-state index contributed by atoms with van der Waals surface area (Å²) in [6.07, 6.45) is 7.69. The van der Waals surface area contributed by atoms with Gasteiger partial charge in [-0.3, -0.25) is 10.2 Å². The number of nitrogens with zero attached hydrogens (tertiary/aromatic N) is 2. The number of hydrogen-bond donors (Lipinski definition) is 1. The molecule has 0 spiro atoms. The predicted molar refractivity (Wildman–Crippen MR) is 74.8 cm³/mol. The van der Waals surface area contributed by atoms with E-state index < -0.39 is 5.54 Å². The van der Waals surface area contributed by atoms with Crippen LogP contribution in [0.25, 0.3) is 0 Å². The largest absolute Gasteiger partial charge is 0.292 e. The SMILES string of the molecule is CC1(C#N)CC(C(=O)C23CC4CC(CC(C4)C2)C3)=NN1. The van der Waals surface area contributed by atoms with Crippen LogP contribution in [0.2, 0.25) is 0 Å². The Morgan fingerprint density at radius 3 is 2.25 bits per heavy atom. The van der Waals surface area contributed by atoms with Crippen molar-refractivity contribution in [2.24, 2.45) is 28.3 Å². The maximum atomic E-state index is 13.0. The minimum absolute atomic E-state index is 0.129. The second-order valence-corrected chi connectivity index (χ2v) is 7.82. The molecule has 4 saturated carbocycles. The molecule has 1 unspecified atom stereocenters. The van der Waals surface area contributed by atoms with E-state index in [1.807, 2.05) is 6.92 Å². The molecule has 4 heteroatoms. The highest BCUT2D eigenvalue weighted by Gasteiger charge is 2.56. The Bertz CT molecular complexity index is 509. The van der Waals surface area contributed by atoms with Crippen LogP contribution in [0.15, 0.2) is 5.10 Å². The van der Waals surface area contributed by atoms with Gasteiger partial charge in [0.2, 0.25) is 0 Å². The lowest BCUT2D eigenvalue weighted by Crippen LogP contribution is -2.52. The third kappa shape index (κ3) is 1.65. The first-order valence-corrected chi connectivity index (χ1v) is 7.82. The van der Waals surface area contributed by atoms with E-state index in [0.29, 0.717) is 12.1 Å². The summed E-state index contributed by atoms with van der Waals surface area (Å²) in [6, 6.07) is 2.22. The zero-order valence-electron chi connectivity index (χ0n) is 12.0. The van der Waals surface area contributed by atoms with Gasteiger partial charge >= 0.3 is 0 Å². The number of hydrazone groups is 1. The van der Waals surface area contributed by atoms with Crippen LogP contribution in [-0.4, -0.2) is 17.0 Å².